The largest absolute Gasteiger partial charge is 0.380 e. The molecule has 0 fully saturated rings. The summed E-state index contributed by atoms with van der Waals surface area (Å²) in [5.41, 5.74) is 2.02. The molecule has 4 rings (SSSR count). The van der Waals surface area contributed by atoms with E-state index < -0.39 is 0 Å². The second-order valence-corrected chi connectivity index (χ2v) is 6.85. The maximum atomic E-state index is 14.3. The molecule has 2 heterocycles. The number of rotatable bonds is 5. The number of methoxy groups -OCH3 is 1. The number of amides is 1. The van der Waals surface area contributed by atoms with Crippen LogP contribution in [0.25, 0.3) is 15.8 Å². The summed E-state index contributed by atoms with van der Waals surface area (Å²) in [6.45, 7) is 0.162. The maximum absolute atomic E-state index is 14.3. The molecule has 0 aliphatic carbocycles. The van der Waals surface area contributed by atoms with E-state index in [0.29, 0.717) is 26.2 Å². The first-order valence-electron chi connectivity index (χ1n) is 8.12. The van der Waals surface area contributed by atoms with Crippen molar-refractivity contribution in [3.05, 3.63) is 71.4 Å². The molecule has 6 nitrogen and oxygen atoms in total. The lowest BCUT2D eigenvalue weighted by Gasteiger charge is -2.07. The first kappa shape index (κ1) is 17.3. The fraction of sp³-hybridized carbons (Fsp3) is 0.105. The summed E-state index contributed by atoms with van der Waals surface area (Å²) in [5, 5.41) is 7.36. The average molecular weight is 382 g/mol. The fourth-order valence-corrected chi connectivity index (χ4v) is 3.98. The molecule has 2 aromatic heterocycles. The highest BCUT2D eigenvalue weighted by Crippen LogP contribution is 2.34. The van der Waals surface area contributed by atoms with Gasteiger partial charge >= 0.3 is 0 Å². The van der Waals surface area contributed by atoms with Crippen molar-refractivity contribution in [1.29, 1.82) is 0 Å². The second kappa shape index (κ2) is 7.26. The van der Waals surface area contributed by atoms with Crippen LogP contribution in [0, 0.1) is 5.82 Å². The summed E-state index contributed by atoms with van der Waals surface area (Å²) >= 11 is 1.25. The van der Waals surface area contributed by atoms with Crippen molar-refractivity contribution in [2.24, 2.45) is 0 Å². The third kappa shape index (κ3) is 3.32. The van der Waals surface area contributed by atoms with E-state index in [9.17, 15) is 9.18 Å². The Morgan fingerprint density at radius 1 is 1.26 bits per heavy atom. The van der Waals surface area contributed by atoms with Gasteiger partial charge < -0.3 is 10.1 Å². The van der Waals surface area contributed by atoms with Gasteiger partial charge in [0, 0.05) is 28.4 Å². The van der Waals surface area contributed by atoms with Crippen LogP contribution in [0.1, 0.15) is 15.2 Å². The van der Waals surface area contributed by atoms with Gasteiger partial charge in [-0.05, 0) is 36.4 Å². The molecule has 1 amide bonds. The molecule has 27 heavy (non-hydrogen) atoms. The van der Waals surface area contributed by atoms with Crippen LogP contribution in [0.15, 0.2) is 55.1 Å². The first-order chi connectivity index (χ1) is 13.2. The molecule has 0 radical (unpaired) electrons. The summed E-state index contributed by atoms with van der Waals surface area (Å²) in [7, 11) is 1.52. The van der Waals surface area contributed by atoms with E-state index in [-0.39, 0.29) is 18.3 Å². The van der Waals surface area contributed by atoms with Gasteiger partial charge in [0.1, 0.15) is 18.5 Å². The number of fused-ring (bicyclic) bond motifs is 1. The molecule has 2 aromatic carbocycles. The molecule has 0 saturated carbocycles. The monoisotopic (exact) mass is 382 g/mol. The zero-order valence-electron chi connectivity index (χ0n) is 14.3. The van der Waals surface area contributed by atoms with Gasteiger partial charge in [-0.2, -0.15) is 5.10 Å². The van der Waals surface area contributed by atoms with Gasteiger partial charge in [0.05, 0.1) is 17.2 Å². The molecule has 136 valence electrons. The second-order valence-electron chi connectivity index (χ2n) is 5.80. The number of thiophene rings is 1. The highest BCUT2D eigenvalue weighted by atomic mass is 32.1. The van der Waals surface area contributed by atoms with Gasteiger partial charge in [-0.3, -0.25) is 4.79 Å². The molecule has 0 aliphatic rings. The number of carbonyl (C=O) groups excluding carboxylic acids is 1. The number of carbonyl (C=O) groups is 1. The topological polar surface area (TPSA) is 69.0 Å². The molecule has 0 unspecified atom stereocenters. The summed E-state index contributed by atoms with van der Waals surface area (Å²) in [5.74, 6) is -0.650. The van der Waals surface area contributed by atoms with Gasteiger partial charge in [-0.25, -0.2) is 14.1 Å². The van der Waals surface area contributed by atoms with Gasteiger partial charge in [-0.15, -0.1) is 11.3 Å². The van der Waals surface area contributed by atoms with Crippen LogP contribution in [-0.4, -0.2) is 27.8 Å². The van der Waals surface area contributed by atoms with Gasteiger partial charge in [-0.1, -0.05) is 6.07 Å². The van der Waals surface area contributed by atoms with E-state index in [1.54, 1.807) is 35.3 Å². The van der Waals surface area contributed by atoms with Crippen LogP contribution in [0.2, 0.25) is 0 Å². The Kier molecular flexibility index (Phi) is 4.66. The lowest BCUT2D eigenvalue weighted by Crippen LogP contribution is -2.12. The van der Waals surface area contributed by atoms with Crippen LogP contribution >= 0.6 is 11.3 Å². The van der Waals surface area contributed by atoms with Crippen molar-refractivity contribution < 1.29 is 13.9 Å². The van der Waals surface area contributed by atoms with Crippen LogP contribution in [0.3, 0.4) is 0 Å². The Morgan fingerprint density at radius 2 is 2.07 bits per heavy atom. The van der Waals surface area contributed by atoms with Crippen LogP contribution in [0.4, 0.5) is 10.1 Å². The molecule has 0 saturated heterocycles. The van der Waals surface area contributed by atoms with E-state index >= 15 is 0 Å². The van der Waals surface area contributed by atoms with Crippen molar-refractivity contribution in [3.8, 4) is 5.69 Å². The summed E-state index contributed by atoms with van der Waals surface area (Å²) in [4.78, 5) is 17.1. The van der Waals surface area contributed by atoms with E-state index in [1.807, 2.05) is 12.1 Å². The van der Waals surface area contributed by atoms with E-state index in [1.165, 1.54) is 30.8 Å². The Balaban J connectivity index is 1.63. The molecule has 8 heteroatoms. The average Bonchev–Trinajstić information content (AvgIpc) is 3.32. The van der Waals surface area contributed by atoms with Crippen LogP contribution in [0.5, 0.6) is 0 Å². The van der Waals surface area contributed by atoms with E-state index in [2.05, 4.69) is 15.4 Å². The predicted molar refractivity (Wildman–Crippen MR) is 102 cm³/mol. The molecule has 0 aliphatic heterocycles. The minimum atomic E-state index is -0.355. The third-order valence-electron chi connectivity index (χ3n) is 4.07. The van der Waals surface area contributed by atoms with E-state index in [0.717, 1.165) is 5.69 Å². The summed E-state index contributed by atoms with van der Waals surface area (Å²) in [6, 6.07) is 12.0. The van der Waals surface area contributed by atoms with Crippen molar-refractivity contribution in [2.75, 3.05) is 12.4 Å². The van der Waals surface area contributed by atoms with E-state index in [4.69, 9.17) is 4.74 Å². The number of hydrogen-bond donors (Lipinski definition) is 1. The lowest BCUT2D eigenvalue weighted by molar-refractivity contribution is 0.102. The molecule has 0 atom stereocenters. The Labute approximate surface area is 158 Å². The summed E-state index contributed by atoms with van der Waals surface area (Å²) in [6.07, 6.45) is 3.05. The van der Waals surface area contributed by atoms with Crippen molar-refractivity contribution in [3.63, 3.8) is 0 Å². The number of hydrogen-bond acceptors (Lipinski definition) is 5. The lowest BCUT2D eigenvalue weighted by atomic mass is 10.1. The van der Waals surface area contributed by atoms with Gasteiger partial charge in [0.2, 0.25) is 0 Å². The zero-order valence-corrected chi connectivity index (χ0v) is 15.2. The Morgan fingerprint density at radius 3 is 2.78 bits per heavy atom. The van der Waals surface area contributed by atoms with Crippen LogP contribution < -0.4 is 5.32 Å². The maximum Gasteiger partial charge on any atom is 0.266 e. The fourth-order valence-electron chi connectivity index (χ4n) is 2.86. The number of nitrogens with one attached hydrogen (secondary N) is 1. The molecule has 4 aromatic rings. The van der Waals surface area contributed by atoms with Gasteiger partial charge in [0.15, 0.2) is 0 Å². The zero-order chi connectivity index (χ0) is 18.8. The third-order valence-corrected chi connectivity index (χ3v) is 5.26. The van der Waals surface area contributed by atoms with Crippen molar-refractivity contribution >= 4 is 33.0 Å². The van der Waals surface area contributed by atoms with Crippen LogP contribution in [-0.2, 0) is 11.3 Å². The molecule has 1 N–H and O–H groups in total. The number of aromatic nitrogens is 3. The number of benzene rings is 2. The van der Waals surface area contributed by atoms with Crippen molar-refractivity contribution in [1.82, 2.24) is 14.8 Å². The Bertz CT molecular complexity index is 1090. The number of anilines is 1. The first-order valence-corrected chi connectivity index (χ1v) is 8.94. The standard InChI is InChI=1S/C19H15FN4O2S/c1-26-9-14-17-15(20)3-2-4-16(17)27-18(14)19(25)23-12-5-7-13(8-6-12)24-11-21-10-22-24/h2-8,10-11H,9H2,1H3,(H,23,25). The Hall–Kier alpha value is -3.10. The number of ether oxygens (including phenoxy) is 1. The molecular weight excluding hydrogens is 367 g/mol. The highest BCUT2D eigenvalue weighted by Gasteiger charge is 2.20. The highest BCUT2D eigenvalue weighted by molar-refractivity contribution is 7.21. The smallest absolute Gasteiger partial charge is 0.266 e. The SMILES string of the molecule is COCc1c(C(=O)Nc2ccc(-n3cncn3)cc2)sc2cccc(F)c12. The predicted octanol–water partition coefficient (Wildman–Crippen LogP) is 4.02. The minimum Gasteiger partial charge on any atom is -0.380 e. The normalized spacial score (nSPS) is 11.0. The van der Waals surface area contributed by atoms with Gasteiger partial charge in [0.25, 0.3) is 5.91 Å². The quantitative estimate of drug-likeness (QED) is 0.566. The molecule has 0 spiro atoms. The van der Waals surface area contributed by atoms with Crippen molar-refractivity contribution in [2.45, 2.75) is 6.61 Å². The molecule has 0 bridgehead atoms. The molecular formula is C19H15FN4O2S. The summed E-state index contributed by atoms with van der Waals surface area (Å²) < 4.78 is 21.8. The minimum absolute atomic E-state index is 0.162. The number of halogens is 1. The number of nitrogens with zero attached hydrogens (tertiary/aromatic N) is 3.